The fraction of sp³-hybridized carbons (Fsp3) is 0.238. The molecule has 1 fully saturated rings. The first-order valence-corrected chi connectivity index (χ1v) is 10.1. The number of benzene rings is 1. The molecule has 2 amide bonds. The molecule has 0 spiro atoms. The average molecular weight is 450 g/mol. The van der Waals surface area contributed by atoms with Gasteiger partial charge in [0.15, 0.2) is 0 Å². The van der Waals surface area contributed by atoms with E-state index in [1.54, 1.807) is 48.1 Å². The Bertz CT molecular complexity index is 1380. The number of rotatable bonds is 5. The van der Waals surface area contributed by atoms with Crippen molar-refractivity contribution in [1.29, 1.82) is 0 Å². The molecule has 168 valence electrons. The van der Waals surface area contributed by atoms with Crippen molar-refractivity contribution in [3.8, 4) is 22.6 Å². The van der Waals surface area contributed by atoms with Crippen molar-refractivity contribution in [2.24, 2.45) is 7.05 Å². The summed E-state index contributed by atoms with van der Waals surface area (Å²) >= 11 is 0. The van der Waals surface area contributed by atoms with Gasteiger partial charge in [0, 0.05) is 24.9 Å². The van der Waals surface area contributed by atoms with Gasteiger partial charge in [0.2, 0.25) is 11.7 Å². The Morgan fingerprint density at radius 2 is 2.15 bits per heavy atom. The molecule has 12 heteroatoms. The van der Waals surface area contributed by atoms with Crippen LogP contribution >= 0.6 is 0 Å². The summed E-state index contributed by atoms with van der Waals surface area (Å²) in [7, 11) is 1.67. The van der Waals surface area contributed by atoms with Gasteiger partial charge in [-0.25, -0.2) is 14.2 Å². The van der Waals surface area contributed by atoms with Crippen LogP contribution in [-0.4, -0.2) is 60.8 Å². The highest BCUT2D eigenvalue weighted by atomic mass is 19.1. The molecular weight excluding hydrogens is 431 g/mol. The Morgan fingerprint density at radius 3 is 2.88 bits per heavy atom. The number of hydrogen-bond donors (Lipinski definition) is 1. The molecular formula is C21H19FN8O3. The molecule has 0 saturated carbocycles. The van der Waals surface area contributed by atoms with Crippen LogP contribution in [0.5, 0.6) is 0 Å². The number of anilines is 1. The molecule has 1 aromatic carbocycles. The molecule has 1 saturated heterocycles. The van der Waals surface area contributed by atoms with E-state index in [-0.39, 0.29) is 19.0 Å². The van der Waals surface area contributed by atoms with Crippen molar-refractivity contribution in [3.05, 3.63) is 48.5 Å². The molecule has 11 nitrogen and oxygen atoms in total. The van der Waals surface area contributed by atoms with E-state index in [4.69, 9.17) is 4.74 Å². The van der Waals surface area contributed by atoms with E-state index in [1.807, 2.05) is 0 Å². The van der Waals surface area contributed by atoms with Gasteiger partial charge in [-0.15, -0.1) is 10.2 Å². The number of halogens is 1. The van der Waals surface area contributed by atoms with E-state index < -0.39 is 18.0 Å². The number of imidazole rings is 1. The van der Waals surface area contributed by atoms with Crippen molar-refractivity contribution in [2.45, 2.75) is 13.0 Å². The third-order valence-corrected chi connectivity index (χ3v) is 5.23. The summed E-state index contributed by atoms with van der Waals surface area (Å²) in [5.41, 5.74) is 2.53. The summed E-state index contributed by atoms with van der Waals surface area (Å²) in [6.45, 7) is 1.81. The van der Waals surface area contributed by atoms with E-state index in [9.17, 15) is 9.59 Å². The first-order chi connectivity index (χ1) is 15.9. The SMILES string of the molecule is CC(=O)NC[C@H]1CN(c2ccc(-c3ccn4cc(-c5nnn(C)n5)nc4c3)c(F)c2)C(=O)O1. The van der Waals surface area contributed by atoms with Gasteiger partial charge in [0.05, 0.1) is 25.8 Å². The minimum atomic E-state index is -0.582. The highest BCUT2D eigenvalue weighted by molar-refractivity contribution is 5.90. The first-order valence-electron chi connectivity index (χ1n) is 10.1. The second-order valence-electron chi connectivity index (χ2n) is 7.63. The van der Waals surface area contributed by atoms with E-state index in [0.29, 0.717) is 34.0 Å². The van der Waals surface area contributed by atoms with E-state index in [1.165, 1.54) is 22.7 Å². The summed E-state index contributed by atoms with van der Waals surface area (Å²) in [5.74, 6) is -0.306. The number of fused-ring (bicyclic) bond motifs is 1. The van der Waals surface area contributed by atoms with Crippen LogP contribution in [0.2, 0.25) is 0 Å². The van der Waals surface area contributed by atoms with E-state index in [2.05, 4.69) is 25.7 Å². The first kappa shape index (κ1) is 20.5. The van der Waals surface area contributed by atoms with Gasteiger partial charge in [-0.3, -0.25) is 9.69 Å². The third kappa shape index (κ3) is 3.97. The quantitative estimate of drug-likeness (QED) is 0.492. The second-order valence-corrected chi connectivity index (χ2v) is 7.63. The zero-order chi connectivity index (χ0) is 23.1. The number of nitrogens with one attached hydrogen (secondary N) is 1. The van der Waals surface area contributed by atoms with Crippen molar-refractivity contribution in [1.82, 2.24) is 34.9 Å². The van der Waals surface area contributed by atoms with Gasteiger partial charge in [0.25, 0.3) is 0 Å². The number of cyclic esters (lactones) is 1. The molecule has 0 radical (unpaired) electrons. The molecule has 4 aromatic rings. The van der Waals surface area contributed by atoms with E-state index >= 15 is 4.39 Å². The lowest BCUT2D eigenvalue weighted by Gasteiger charge is -2.14. The van der Waals surface area contributed by atoms with E-state index in [0.717, 1.165) is 0 Å². The number of amides is 2. The lowest BCUT2D eigenvalue weighted by Crippen LogP contribution is -2.33. The topological polar surface area (TPSA) is 120 Å². The maximum atomic E-state index is 15.0. The fourth-order valence-corrected chi connectivity index (χ4v) is 3.65. The van der Waals surface area contributed by atoms with Gasteiger partial charge in [-0.2, -0.15) is 4.80 Å². The number of nitrogens with zero attached hydrogens (tertiary/aromatic N) is 7. The normalized spacial score (nSPS) is 15.8. The molecule has 0 bridgehead atoms. The maximum Gasteiger partial charge on any atom is 0.414 e. The van der Waals surface area contributed by atoms with Gasteiger partial charge < -0.3 is 14.5 Å². The number of tetrazole rings is 1. The number of aromatic nitrogens is 6. The van der Waals surface area contributed by atoms with Crippen LogP contribution in [-0.2, 0) is 16.6 Å². The van der Waals surface area contributed by atoms with Crippen LogP contribution in [0, 0.1) is 5.82 Å². The number of carbonyl (C=O) groups is 2. The van der Waals surface area contributed by atoms with Gasteiger partial charge in [-0.05, 0) is 41.1 Å². The Balaban J connectivity index is 1.39. The average Bonchev–Trinajstić information content (AvgIpc) is 3.49. The molecule has 0 aliphatic carbocycles. The maximum absolute atomic E-state index is 15.0. The molecule has 33 heavy (non-hydrogen) atoms. The summed E-state index contributed by atoms with van der Waals surface area (Å²) in [6.07, 6.45) is 2.47. The molecule has 1 aliphatic rings. The van der Waals surface area contributed by atoms with Gasteiger partial charge >= 0.3 is 6.09 Å². The predicted octanol–water partition coefficient (Wildman–Crippen LogP) is 1.79. The van der Waals surface area contributed by atoms with Crippen LogP contribution < -0.4 is 10.2 Å². The van der Waals surface area contributed by atoms with Crippen molar-refractivity contribution in [3.63, 3.8) is 0 Å². The summed E-state index contributed by atoms with van der Waals surface area (Å²) in [6, 6.07) is 8.09. The molecule has 3 aromatic heterocycles. The van der Waals surface area contributed by atoms with Crippen LogP contribution in [0.1, 0.15) is 6.92 Å². The number of hydrogen-bond acceptors (Lipinski definition) is 7. The van der Waals surface area contributed by atoms with Gasteiger partial charge in [0.1, 0.15) is 23.3 Å². The Morgan fingerprint density at radius 1 is 1.30 bits per heavy atom. The third-order valence-electron chi connectivity index (χ3n) is 5.23. The van der Waals surface area contributed by atoms with Crippen LogP contribution in [0.25, 0.3) is 28.3 Å². The molecule has 5 rings (SSSR count). The van der Waals surface area contributed by atoms with Crippen molar-refractivity contribution < 1.29 is 18.7 Å². The summed E-state index contributed by atoms with van der Waals surface area (Å²) in [5, 5.41) is 14.5. The molecule has 0 unspecified atom stereocenters. The monoisotopic (exact) mass is 450 g/mol. The minimum Gasteiger partial charge on any atom is -0.442 e. The summed E-state index contributed by atoms with van der Waals surface area (Å²) in [4.78, 5) is 30.5. The highest BCUT2D eigenvalue weighted by Gasteiger charge is 2.32. The van der Waals surface area contributed by atoms with Crippen molar-refractivity contribution >= 4 is 23.3 Å². The summed E-state index contributed by atoms with van der Waals surface area (Å²) < 4.78 is 22.1. The Hall–Kier alpha value is -4.35. The Labute approximate surface area is 186 Å². The van der Waals surface area contributed by atoms with Crippen LogP contribution in [0.15, 0.2) is 42.7 Å². The van der Waals surface area contributed by atoms with Crippen LogP contribution in [0.3, 0.4) is 0 Å². The number of pyridine rings is 1. The lowest BCUT2D eigenvalue weighted by molar-refractivity contribution is -0.119. The van der Waals surface area contributed by atoms with Crippen molar-refractivity contribution in [2.75, 3.05) is 18.0 Å². The Kier molecular flexibility index (Phi) is 4.96. The lowest BCUT2D eigenvalue weighted by atomic mass is 10.1. The zero-order valence-corrected chi connectivity index (χ0v) is 17.8. The second kappa shape index (κ2) is 7.97. The fourth-order valence-electron chi connectivity index (χ4n) is 3.65. The molecule has 1 aliphatic heterocycles. The number of ether oxygens (including phenoxy) is 1. The molecule has 4 heterocycles. The predicted molar refractivity (Wildman–Crippen MR) is 115 cm³/mol. The van der Waals surface area contributed by atoms with Gasteiger partial charge in [-0.1, -0.05) is 0 Å². The molecule has 1 atom stereocenters. The standard InChI is InChI=1S/C21H19FN8O3/c1-12(31)23-9-15-10-30(21(32)33-15)14-3-4-16(17(22)8-14)13-5-6-29-11-18(24-19(29)7-13)20-25-27-28(2)26-20/h3-8,11,15H,9-10H2,1-2H3,(H,23,31)/t15-/m0/s1. The smallest absolute Gasteiger partial charge is 0.414 e. The minimum absolute atomic E-state index is 0.203. The molecule has 1 N–H and O–H groups in total. The highest BCUT2D eigenvalue weighted by Crippen LogP contribution is 2.30. The number of carbonyl (C=O) groups excluding carboxylic acids is 2. The number of aryl methyl sites for hydroxylation is 1. The zero-order valence-electron chi connectivity index (χ0n) is 17.8. The van der Waals surface area contributed by atoms with Crippen LogP contribution in [0.4, 0.5) is 14.9 Å². The largest absolute Gasteiger partial charge is 0.442 e.